The van der Waals surface area contributed by atoms with Gasteiger partial charge in [0.15, 0.2) is 5.65 Å². The molecule has 0 saturated heterocycles. The molecule has 4 heterocycles. The standard InChI is InChI=1S/C20H22N8O/c1-20(18(29)27(2)3)8-12(9-20)24-19-22-11-14-13(10-21-17(14)26-19)15-5-7-28-16(25-15)4-6-23-28/h4-7,10-12H,8-9H2,1-3H3,(H2,21,22,24,26). The van der Waals surface area contributed by atoms with Crippen molar-refractivity contribution in [3.8, 4) is 11.3 Å². The van der Waals surface area contributed by atoms with Crippen molar-refractivity contribution in [2.75, 3.05) is 19.4 Å². The molecule has 1 aliphatic carbocycles. The summed E-state index contributed by atoms with van der Waals surface area (Å²) in [6, 6.07) is 3.98. The van der Waals surface area contributed by atoms with Crippen molar-refractivity contribution < 1.29 is 4.79 Å². The third-order valence-corrected chi connectivity index (χ3v) is 5.62. The number of hydrogen-bond acceptors (Lipinski definition) is 6. The summed E-state index contributed by atoms with van der Waals surface area (Å²) in [5.41, 5.74) is 3.02. The monoisotopic (exact) mass is 390 g/mol. The number of nitrogens with zero attached hydrogens (tertiary/aromatic N) is 6. The Morgan fingerprint density at radius 1 is 1.31 bits per heavy atom. The van der Waals surface area contributed by atoms with E-state index in [2.05, 4.69) is 30.4 Å². The lowest BCUT2D eigenvalue weighted by atomic mass is 9.66. The Morgan fingerprint density at radius 3 is 2.93 bits per heavy atom. The fraction of sp³-hybridized carbons (Fsp3) is 0.350. The summed E-state index contributed by atoms with van der Waals surface area (Å²) in [7, 11) is 3.60. The van der Waals surface area contributed by atoms with Crippen molar-refractivity contribution in [3.63, 3.8) is 0 Å². The van der Waals surface area contributed by atoms with Crippen LogP contribution in [0.2, 0.25) is 0 Å². The van der Waals surface area contributed by atoms with Gasteiger partial charge in [0.25, 0.3) is 0 Å². The number of carbonyl (C=O) groups excluding carboxylic acids is 1. The number of carbonyl (C=O) groups is 1. The normalized spacial score (nSPS) is 21.3. The van der Waals surface area contributed by atoms with Crippen molar-refractivity contribution in [1.82, 2.24) is 34.4 Å². The van der Waals surface area contributed by atoms with E-state index in [1.54, 1.807) is 29.7 Å². The number of amides is 1. The van der Waals surface area contributed by atoms with Crippen LogP contribution in [0.4, 0.5) is 5.95 Å². The van der Waals surface area contributed by atoms with E-state index < -0.39 is 0 Å². The molecule has 0 bridgehead atoms. The molecule has 1 fully saturated rings. The average Bonchev–Trinajstić information content (AvgIpc) is 3.31. The summed E-state index contributed by atoms with van der Waals surface area (Å²) < 4.78 is 1.73. The molecule has 5 rings (SSSR count). The number of H-pyrrole nitrogens is 1. The van der Waals surface area contributed by atoms with Crippen LogP contribution < -0.4 is 5.32 Å². The van der Waals surface area contributed by atoms with E-state index in [4.69, 9.17) is 0 Å². The fourth-order valence-electron chi connectivity index (χ4n) is 4.18. The second kappa shape index (κ2) is 6.26. The molecular formula is C20H22N8O. The summed E-state index contributed by atoms with van der Waals surface area (Å²) in [5, 5.41) is 8.44. The largest absolute Gasteiger partial charge is 0.351 e. The van der Waals surface area contributed by atoms with Gasteiger partial charge in [-0.2, -0.15) is 10.1 Å². The first-order valence-corrected chi connectivity index (χ1v) is 9.56. The third kappa shape index (κ3) is 2.89. The van der Waals surface area contributed by atoms with Gasteiger partial charge in [-0.05, 0) is 18.9 Å². The molecule has 0 spiro atoms. The minimum absolute atomic E-state index is 0.170. The number of hydrogen-bond donors (Lipinski definition) is 2. The zero-order valence-corrected chi connectivity index (χ0v) is 16.5. The van der Waals surface area contributed by atoms with Crippen LogP contribution in [-0.4, -0.2) is 60.5 Å². The van der Waals surface area contributed by atoms with Crippen LogP contribution in [-0.2, 0) is 4.79 Å². The van der Waals surface area contributed by atoms with Crippen molar-refractivity contribution in [2.24, 2.45) is 5.41 Å². The number of rotatable bonds is 4. The molecule has 0 aliphatic heterocycles. The highest BCUT2D eigenvalue weighted by molar-refractivity contribution is 5.92. The molecule has 0 unspecified atom stereocenters. The van der Waals surface area contributed by atoms with E-state index >= 15 is 0 Å². The van der Waals surface area contributed by atoms with Crippen LogP contribution in [0.15, 0.2) is 36.9 Å². The second-order valence-electron chi connectivity index (χ2n) is 8.11. The molecule has 2 N–H and O–H groups in total. The highest BCUT2D eigenvalue weighted by atomic mass is 16.2. The molecule has 0 atom stereocenters. The minimum atomic E-state index is -0.303. The molecule has 1 aliphatic rings. The summed E-state index contributed by atoms with van der Waals surface area (Å²) in [6.45, 7) is 2.01. The Hall–Kier alpha value is -3.49. The molecule has 0 radical (unpaired) electrons. The molecule has 9 heteroatoms. The highest BCUT2D eigenvalue weighted by Crippen LogP contribution is 2.43. The Balaban J connectivity index is 1.35. The van der Waals surface area contributed by atoms with E-state index in [-0.39, 0.29) is 17.4 Å². The van der Waals surface area contributed by atoms with Crippen molar-refractivity contribution in [2.45, 2.75) is 25.8 Å². The van der Waals surface area contributed by atoms with Gasteiger partial charge in [0, 0.05) is 55.7 Å². The van der Waals surface area contributed by atoms with Gasteiger partial charge in [0.1, 0.15) is 5.65 Å². The molecule has 148 valence electrons. The smallest absolute Gasteiger partial charge is 0.228 e. The molecular weight excluding hydrogens is 368 g/mol. The SMILES string of the molecule is CN(C)C(=O)C1(C)CC(Nc2ncc3c(-c4ccn5nccc5n4)c[nH]c3n2)C1. The summed E-state index contributed by atoms with van der Waals surface area (Å²) in [5.74, 6) is 0.734. The van der Waals surface area contributed by atoms with E-state index in [1.807, 2.05) is 37.6 Å². The Morgan fingerprint density at radius 2 is 2.14 bits per heavy atom. The fourth-order valence-corrected chi connectivity index (χ4v) is 4.18. The van der Waals surface area contributed by atoms with Crippen molar-refractivity contribution in [3.05, 3.63) is 36.9 Å². The summed E-state index contributed by atoms with van der Waals surface area (Å²) in [4.78, 5) is 30.9. The van der Waals surface area contributed by atoms with Gasteiger partial charge < -0.3 is 15.2 Å². The first-order valence-electron chi connectivity index (χ1n) is 9.56. The maximum atomic E-state index is 12.3. The Bertz CT molecular complexity index is 1220. The number of anilines is 1. The van der Waals surface area contributed by atoms with Crippen LogP contribution >= 0.6 is 0 Å². The Labute approximate surface area is 167 Å². The average molecular weight is 390 g/mol. The molecule has 0 aromatic carbocycles. The van der Waals surface area contributed by atoms with Crippen LogP contribution in [0.25, 0.3) is 27.9 Å². The van der Waals surface area contributed by atoms with Gasteiger partial charge in [-0.1, -0.05) is 6.92 Å². The second-order valence-corrected chi connectivity index (χ2v) is 8.11. The van der Waals surface area contributed by atoms with Crippen LogP contribution in [0.1, 0.15) is 19.8 Å². The third-order valence-electron chi connectivity index (χ3n) is 5.62. The molecule has 1 saturated carbocycles. The maximum Gasteiger partial charge on any atom is 0.228 e. The molecule has 29 heavy (non-hydrogen) atoms. The lowest BCUT2D eigenvalue weighted by Crippen LogP contribution is -2.52. The molecule has 1 amide bonds. The van der Waals surface area contributed by atoms with Crippen LogP contribution in [0.3, 0.4) is 0 Å². The van der Waals surface area contributed by atoms with Gasteiger partial charge in [-0.3, -0.25) is 4.79 Å². The Kier molecular flexibility index (Phi) is 3.80. The van der Waals surface area contributed by atoms with Crippen LogP contribution in [0, 0.1) is 5.41 Å². The van der Waals surface area contributed by atoms with E-state index in [0.29, 0.717) is 5.95 Å². The zero-order valence-electron chi connectivity index (χ0n) is 16.5. The first kappa shape index (κ1) is 17.6. The molecule has 4 aromatic rings. The lowest BCUT2D eigenvalue weighted by molar-refractivity contribution is -0.143. The minimum Gasteiger partial charge on any atom is -0.351 e. The van der Waals surface area contributed by atoms with Gasteiger partial charge in [0.05, 0.1) is 17.3 Å². The van der Waals surface area contributed by atoms with Crippen molar-refractivity contribution >= 4 is 28.5 Å². The maximum absolute atomic E-state index is 12.3. The van der Waals surface area contributed by atoms with Crippen molar-refractivity contribution in [1.29, 1.82) is 0 Å². The summed E-state index contributed by atoms with van der Waals surface area (Å²) >= 11 is 0. The quantitative estimate of drug-likeness (QED) is 0.554. The summed E-state index contributed by atoms with van der Waals surface area (Å²) in [6.07, 6.45) is 8.86. The molecule has 4 aromatic heterocycles. The number of fused-ring (bicyclic) bond motifs is 2. The predicted molar refractivity (Wildman–Crippen MR) is 109 cm³/mol. The van der Waals surface area contributed by atoms with E-state index in [9.17, 15) is 4.79 Å². The van der Waals surface area contributed by atoms with Crippen LogP contribution in [0.5, 0.6) is 0 Å². The van der Waals surface area contributed by atoms with Gasteiger partial charge in [0.2, 0.25) is 11.9 Å². The van der Waals surface area contributed by atoms with E-state index in [1.165, 1.54) is 0 Å². The lowest BCUT2D eigenvalue weighted by Gasteiger charge is -2.45. The van der Waals surface area contributed by atoms with Gasteiger partial charge in [-0.15, -0.1) is 0 Å². The number of aromatic amines is 1. The van der Waals surface area contributed by atoms with Gasteiger partial charge >= 0.3 is 0 Å². The topological polar surface area (TPSA) is 104 Å². The zero-order chi connectivity index (χ0) is 20.2. The first-order chi connectivity index (χ1) is 13.9. The van der Waals surface area contributed by atoms with E-state index in [0.717, 1.165) is 40.8 Å². The number of nitrogens with one attached hydrogen (secondary N) is 2. The van der Waals surface area contributed by atoms with Gasteiger partial charge in [-0.25, -0.2) is 14.5 Å². The molecule has 9 nitrogen and oxygen atoms in total. The highest BCUT2D eigenvalue weighted by Gasteiger charge is 2.47. The number of aromatic nitrogens is 6. The predicted octanol–water partition coefficient (Wildman–Crippen LogP) is 2.34.